The Morgan fingerprint density at radius 3 is 2.44 bits per heavy atom. The summed E-state index contributed by atoms with van der Waals surface area (Å²) in [6, 6.07) is 2.91. The van der Waals surface area contributed by atoms with E-state index in [2.05, 4.69) is 10.6 Å². The van der Waals surface area contributed by atoms with Gasteiger partial charge in [0.05, 0.1) is 12.1 Å². The third-order valence-electron chi connectivity index (χ3n) is 10.2. The minimum Gasteiger partial charge on any atom is -0.506 e. The Kier molecular flexibility index (Phi) is 16.1. The lowest BCUT2D eigenvalue weighted by atomic mass is 9.88. The molecule has 6 N–H and O–H groups in total. The van der Waals surface area contributed by atoms with Gasteiger partial charge in [0.1, 0.15) is 54.0 Å². The molecule has 3 aliphatic rings. The number of carbonyl (C=O) groups is 5. The third kappa shape index (κ3) is 11.2. The normalized spacial score (nSPS) is 32.8. The number of halogens is 1. The lowest BCUT2D eigenvalue weighted by Gasteiger charge is -2.47. The highest BCUT2D eigenvalue weighted by Gasteiger charge is 2.52. The van der Waals surface area contributed by atoms with Gasteiger partial charge in [0.2, 0.25) is 5.91 Å². The lowest BCUT2D eigenvalue weighted by molar-refractivity contribution is -0.236. The fourth-order valence-corrected chi connectivity index (χ4v) is 7.50. The smallest absolute Gasteiger partial charge is 0.409 e. The summed E-state index contributed by atoms with van der Waals surface area (Å²) in [4.78, 5) is 65.6. The number of anilines is 1. The minimum absolute atomic E-state index is 0.121. The van der Waals surface area contributed by atoms with Crippen molar-refractivity contribution in [1.82, 2.24) is 10.6 Å². The molecule has 3 aliphatic heterocycles. The van der Waals surface area contributed by atoms with Crippen molar-refractivity contribution in [3.8, 4) is 5.75 Å². The van der Waals surface area contributed by atoms with Crippen molar-refractivity contribution in [1.29, 1.82) is 0 Å². The van der Waals surface area contributed by atoms with E-state index in [4.69, 9.17) is 55.2 Å². The van der Waals surface area contributed by atoms with Gasteiger partial charge in [0.15, 0.2) is 18.1 Å². The number of ether oxygens (including phenoxy) is 8. The Morgan fingerprint density at radius 2 is 1.83 bits per heavy atom. The number of hydrogen-bond donors (Lipinski definition) is 5. The van der Waals surface area contributed by atoms with E-state index in [0.717, 1.165) is 17.4 Å². The van der Waals surface area contributed by atoms with E-state index in [-0.39, 0.29) is 23.6 Å². The molecule has 0 radical (unpaired) electrons. The molecule has 0 spiro atoms. The summed E-state index contributed by atoms with van der Waals surface area (Å²) in [5.41, 5.74) is 5.43. The number of aromatic hydroxyl groups is 1. The van der Waals surface area contributed by atoms with Gasteiger partial charge in [0, 0.05) is 47.6 Å². The Hall–Kier alpha value is -4.92. The molecule has 4 amide bonds. The standard InChI is InChI=1S/C39H53ClN4O15/c1-19-10-9-11-29(52-6)39(54-8)17-27(58-38(51)43-39)21(3)13-20(2)26(57-37(50)42-5)16-30(47)44(24-14-23(12-19)15-25(46)31(24)40)35-32(48)34(53-7)33(59-36(41)49)28(56-35)18-55-22(4)45/h9-11,13-15,21,26-29,32-35,46,48H,12,16-18H2,1-8H3,(H2,41,49)(H,42,50)(H,43,51)/b11-9+,19-10+,20-13+/t21-,26?,27-,28+,29+,32+,33+,34+,35+,39-/m0/s1. The van der Waals surface area contributed by atoms with Crippen LogP contribution in [0, 0.1) is 5.92 Å². The number of allylic oxidation sites excluding steroid dienone is 3. The molecule has 1 aromatic carbocycles. The van der Waals surface area contributed by atoms with E-state index >= 15 is 0 Å². The fraction of sp³-hybridized carbons (Fsp3) is 0.564. The van der Waals surface area contributed by atoms with Crippen LogP contribution in [0.3, 0.4) is 0 Å². The largest absolute Gasteiger partial charge is 0.506 e. The molecular formula is C39H53ClN4O15. The van der Waals surface area contributed by atoms with Crippen molar-refractivity contribution in [2.75, 3.05) is 39.9 Å². The number of nitrogens with one attached hydrogen (secondary N) is 2. The minimum atomic E-state index is -1.81. The molecule has 0 aliphatic carbocycles. The number of benzene rings is 1. The van der Waals surface area contributed by atoms with Crippen molar-refractivity contribution in [2.45, 2.75) is 102 Å². The maximum absolute atomic E-state index is 14.9. The van der Waals surface area contributed by atoms with E-state index in [1.807, 2.05) is 6.92 Å². The van der Waals surface area contributed by atoms with Crippen molar-refractivity contribution >= 4 is 47.4 Å². The zero-order valence-corrected chi connectivity index (χ0v) is 34.8. The van der Waals surface area contributed by atoms with Crippen molar-refractivity contribution in [2.24, 2.45) is 11.7 Å². The molecule has 1 aromatic rings. The third-order valence-corrected chi connectivity index (χ3v) is 10.6. The summed E-state index contributed by atoms with van der Waals surface area (Å²) >= 11 is 6.77. The first kappa shape index (κ1) is 46.8. The molecule has 326 valence electrons. The molecule has 4 rings (SSSR count). The average Bonchev–Trinajstić information content (AvgIpc) is 3.17. The summed E-state index contributed by atoms with van der Waals surface area (Å²) in [7, 11) is 5.44. The Bertz CT molecular complexity index is 1820. The molecule has 0 aromatic heterocycles. The summed E-state index contributed by atoms with van der Waals surface area (Å²) in [6.07, 6.45) is -6.94. The van der Waals surface area contributed by atoms with Crippen LogP contribution in [-0.4, -0.2) is 130 Å². The summed E-state index contributed by atoms with van der Waals surface area (Å²) in [5.74, 6) is -2.55. The fourth-order valence-electron chi connectivity index (χ4n) is 7.30. The molecular weight excluding hydrogens is 800 g/mol. The SMILES string of the molecule is CNC(=O)OC1CC(=O)N([C@@H]2O[C@H](COC(C)=O)[C@@H](OC(N)=O)[C@H](OC)[C@H]2O)c2cc(cc(O)c2Cl)C/C(C)=C/C=C/[C@@H](OC)[C@@]2(OC)C[C@H](OC(=O)N2)[C@@H](C)/C=C/1C. The van der Waals surface area contributed by atoms with E-state index in [1.54, 1.807) is 38.2 Å². The molecule has 3 heterocycles. The first-order valence-corrected chi connectivity index (χ1v) is 19.0. The first-order valence-electron chi connectivity index (χ1n) is 18.6. The number of methoxy groups -OCH3 is 3. The zero-order chi connectivity index (χ0) is 43.8. The van der Waals surface area contributed by atoms with E-state index in [9.17, 15) is 34.2 Å². The number of aliphatic hydroxyl groups excluding tert-OH is 1. The number of alkyl carbamates (subject to hydrolysis) is 2. The van der Waals surface area contributed by atoms with Crippen LogP contribution in [-0.2, 0) is 53.9 Å². The van der Waals surface area contributed by atoms with Gasteiger partial charge in [-0.1, -0.05) is 48.4 Å². The average molecular weight is 853 g/mol. The molecule has 2 saturated heterocycles. The van der Waals surface area contributed by atoms with Crippen LogP contribution in [0.5, 0.6) is 5.75 Å². The summed E-state index contributed by atoms with van der Waals surface area (Å²) in [6.45, 7) is 5.79. The molecule has 2 fully saturated rings. The number of phenols is 1. The number of nitrogens with two attached hydrogens (primary N) is 1. The Labute approximate surface area is 346 Å². The topological polar surface area (TPSA) is 253 Å². The monoisotopic (exact) mass is 852 g/mol. The number of hydrogen-bond acceptors (Lipinski definition) is 15. The molecule has 1 unspecified atom stereocenters. The molecule has 10 atom stereocenters. The van der Waals surface area contributed by atoms with Crippen LogP contribution >= 0.6 is 11.6 Å². The summed E-state index contributed by atoms with van der Waals surface area (Å²) in [5, 5.41) is 27.9. The van der Waals surface area contributed by atoms with Crippen LogP contribution in [0.2, 0.25) is 5.02 Å². The number of esters is 1. The van der Waals surface area contributed by atoms with Crippen LogP contribution in [0.1, 0.15) is 46.1 Å². The van der Waals surface area contributed by atoms with Crippen molar-refractivity contribution < 1.29 is 72.1 Å². The number of rotatable bonds is 8. The van der Waals surface area contributed by atoms with Gasteiger partial charge in [-0.15, -0.1) is 0 Å². The van der Waals surface area contributed by atoms with E-state index in [1.165, 1.54) is 40.5 Å². The highest BCUT2D eigenvalue weighted by Crippen LogP contribution is 2.41. The number of aliphatic hydroxyl groups is 1. The van der Waals surface area contributed by atoms with Crippen LogP contribution in [0.4, 0.5) is 20.1 Å². The second-order valence-corrected chi connectivity index (χ2v) is 14.8. The van der Waals surface area contributed by atoms with Gasteiger partial charge in [-0.05, 0) is 43.5 Å². The molecule has 0 saturated carbocycles. The predicted octanol–water partition coefficient (Wildman–Crippen LogP) is 3.12. The number of fused-ring (bicyclic) bond motifs is 4. The van der Waals surface area contributed by atoms with Gasteiger partial charge in [-0.3, -0.25) is 19.8 Å². The predicted molar refractivity (Wildman–Crippen MR) is 209 cm³/mol. The molecule has 4 bridgehead atoms. The van der Waals surface area contributed by atoms with Gasteiger partial charge < -0.3 is 59.2 Å². The number of primary amides is 1. The Morgan fingerprint density at radius 1 is 1.12 bits per heavy atom. The summed E-state index contributed by atoms with van der Waals surface area (Å²) < 4.78 is 45.4. The molecule has 20 heteroatoms. The number of carbonyl (C=O) groups excluding carboxylic acids is 5. The highest BCUT2D eigenvalue weighted by molar-refractivity contribution is 6.35. The van der Waals surface area contributed by atoms with Crippen molar-refractivity contribution in [3.63, 3.8) is 0 Å². The van der Waals surface area contributed by atoms with Crippen LogP contribution in [0.15, 0.2) is 47.6 Å². The maximum Gasteiger partial charge on any atom is 0.409 e. The van der Waals surface area contributed by atoms with Gasteiger partial charge in [-0.25, -0.2) is 14.4 Å². The van der Waals surface area contributed by atoms with Gasteiger partial charge in [0.25, 0.3) is 0 Å². The quantitative estimate of drug-likeness (QED) is 0.143. The van der Waals surface area contributed by atoms with E-state index in [0.29, 0.717) is 11.1 Å². The second-order valence-electron chi connectivity index (χ2n) is 14.4. The zero-order valence-electron chi connectivity index (χ0n) is 34.1. The molecule has 19 nitrogen and oxygen atoms in total. The van der Waals surface area contributed by atoms with Gasteiger partial charge >= 0.3 is 24.2 Å². The molecule has 59 heavy (non-hydrogen) atoms. The number of nitrogens with zero attached hydrogens (tertiary/aromatic N) is 1. The van der Waals surface area contributed by atoms with Crippen LogP contribution < -0.4 is 21.3 Å². The number of phenolic OH excluding ortho intramolecular Hbond substituents is 1. The van der Waals surface area contributed by atoms with Crippen LogP contribution in [0.25, 0.3) is 0 Å². The van der Waals surface area contributed by atoms with Crippen molar-refractivity contribution in [3.05, 3.63) is 58.2 Å². The second kappa shape index (κ2) is 20.4. The lowest BCUT2D eigenvalue weighted by Crippen LogP contribution is -2.66. The maximum atomic E-state index is 14.9. The number of amides is 4. The highest BCUT2D eigenvalue weighted by atomic mass is 35.5. The van der Waals surface area contributed by atoms with E-state index < -0.39 is 110 Å². The van der Waals surface area contributed by atoms with Gasteiger partial charge in [-0.2, -0.15) is 0 Å². The Balaban J connectivity index is 1.96. The first-order chi connectivity index (χ1) is 27.9.